The van der Waals surface area contributed by atoms with Crippen LogP contribution < -0.4 is 22.5 Å². The quantitative estimate of drug-likeness (QED) is 0.0934. The molecule has 9 rings (SSSR count). The number of carboxylic acids is 2. The molecule has 8 aromatic rings. The van der Waals surface area contributed by atoms with Crippen LogP contribution in [0.4, 0.5) is 0 Å². The number of rotatable bonds is 3. The summed E-state index contributed by atoms with van der Waals surface area (Å²) >= 11 is 0. The third kappa shape index (κ3) is 7.63. The first kappa shape index (κ1) is 42.1. The zero-order valence-corrected chi connectivity index (χ0v) is 30.3. The van der Waals surface area contributed by atoms with Gasteiger partial charge in [-0.1, -0.05) is 48.5 Å². The van der Waals surface area contributed by atoms with Crippen molar-refractivity contribution in [1.82, 2.24) is 0 Å². The van der Waals surface area contributed by atoms with E-state index in [0.717, 1.165) is 24.3 Å². The second-order valence-electron chi connectivity index (χ2n) is 12.7. The van der Waals surface area contributed by atoms with Gasteiger partial charge in [0.25, 0.3) is 0 Å². The maximum atomic E-state index is 12.8. The van der Waals surface area contributed by atoms with Gasteiger partial charge in [0.05, 0.1) is 43.8 Å². The largest absolute Gasteiger partial charge is 0.507 e. The summed E-state index contributed by atoms with van der Waals surface area (Å²) in [5, 5.41) is 74.5. The predicted molar refractivity (Wildman–Crippen MR) is 212 cm³/mol. The predicted octanol–water partition coefficient (Wildman–Crippen LogP) is 2.17. The maximum Gasteiger partial charge on any atom is 0.346 e. The van der Waals surface area contributed by atoms with Gasteiger partial charge in [0.2, 0.25) is 0 Å². The van der Waals surface area contributed by atoms with Crippen LogP contribution in [0.25, 0.3) is 43.1 Å². The Balaban J connectivity index is 0.000000158. The van der Waals surface area contributed by atoms with E-state index in [-0.39, 0.29) is 62.0 Å². The molecule has 302 valence electrons. The van der Waals surface area contributed by atoms with Gasteiger partial charge in [-0.05, 0) is 36.4 Å². The third-order valence-corrected chi connectivity index (χ3v) is 9.13. The number of aromatic carboxylic acids is 2. The molecule has 0 spiro atoms. The Morgan fingerprint density at radius 1 is 0.475 bits per heavy atom. The van der Waals surface area contributed by atoms with Gasteiger partial charge in [-0.3, -0.25) is 9.59 Å². The molecule has 1 aliphatic rings. The minimum atomic E-state index is -1.80. The summed E-state index contributed by atoms with van der Waals surface area (Å²) in [6.45, 7) is 0. The first-order valence-electron chi connectivity index (χ1n) is 17.0. The minimum absolute atomic E-state index is 0.0181. The van der Waals surface area contributed by atoms with Crippen molar-refractivity contribution in [3.8, 4) is 23.0 Å². The summed E-state index contributed by atoms with van der Waals surface area (Å²) < 4.78 is 17.7. The molecular formula is C40H22B2O19. The summed E-state index contributed by atoms with van der Waals surface area (Å²) in [5.74, 6) is -5.55. The second-order valence-corrected chi connectivity index (χ2v) is 12.7. The first-order chi connectivity index (χ1) is 28.9. The first-order valence-corrected chi connectivity index (χ1v) is 17.0. The van der Waals surface area contributed by atoms with Gasteiger partial charge in [0.15, 0.2) is 11.6 Å². The van der Waals surface area contributed by atoms with Gasteiger partial charge in [0.1, 0.15) is 23.0 Å². The number of furan rings is 2. The molecule has 0 aliphatic heterocycles. The average Bonchev–Trinajstić information content (AvgIpc) is 3.69. The van der Waals surface area contributed by atoms with Crippen molar-refractivity contribution < 1.29 is 73.4 Å². The van der Waals surface area contributed by atoms with Crippen LogP contribution in [-0.2, 0) is 4.70 Å². The van der Waals surface area contributed by atoms with E-state index in [0.29, 0.717) is 10.8 Å². The standard InChI is InChI=1S/C20H10O8.C10H2O6.C10H8O2.B2H2O3/c21-15-7-3-1-2-4-8(7)16(22)14-13(15)17(23)9-5-11(19(25)26)12(20(27)28)6-10(9)18(14)24;11-7-3-1-4-6(10(14)16-8(4)12)2-5(3)9(13)15-7;11-9-5-6-10(12)8-4-2-1-3-7(8)9;3-1-2(4)5/h1-6,23-24H,(H,25,26)(H,27,28);1-2H;1-6,11-12H;4-5H. The van der Waals surface area contributed by atoms with E-state index in [2.05, 4.69) is 8.83 Å². The van der Waals surface area contributed by atoms with E-state index in [1.165, 1.54) is 36.4 Å². The van der Waals surface area contributed by atoms with E-state index in [1.807, 2.05) is 12.1 Å². The van der Waals surface area contributed by atoms with Crippen molar-refractivity contribution in [2.75, 3.05) is 0 Å². The number of hydrogen-bond donors (Lipinski definition) is 8. The third-order valence-electron chi connectivity index (χ3n) is 9.13. The number of carboxylic acid groups (broad SMARTS) is 2. The molecule has 2 aromatic heterocycles. The summed E-state index contributed by atoms with van der Waals surface area (Å²) in [4.78, 5) is 93.2. The molecule has 0 bridgehead atoms. The van der Waals surface area contributed by atoms with Crippen molar-refractivity contribution in [1.29, 1.82) is 0 Å². The van der Waals surface area contributed by atoms with Gasteiger partial charge in [0, 0.05) is 32.7 Å². The Kier molecular flexibility index (Phi) is 11.3. The normalized spacial score (nSPS) is 11.3. The molecule has 0 saturated carbocycles. The van der Waals surface area contributed by atoms with Crippen molar-refractivity contribution in [2.45, 2.75) is 0 Å². The van der Waals surface area contributed by atoms with Gasteiger partial charge >= 0.3 is 63.2 Å². The van der Waals surface area contributed by atoms with E-state index in [1.54, 1.807) is 12.1 Å². The summed E-state index contributed by atoms with van der Waals surface area (Å²) in [7, 11) is -1.77. The summed E-state index contributed by atoms with van der Waals surface area (Å²) in [5.41, 5.74) is -5.39. The Morgan fingerprint density at radius 3 is 1.08 bits per heavy atom. The van der Waals surface area contributed by atoms with Crippen LogP contribution in [0.3, 0.4) is 0 Å². The molecule has 6 aromatic carbocycles. The van der Waals surface area contributed by atoms with Crippen LogP contribution in [0.1, 0.15) is 52.6 Å². The molecule has 0 radical (unpaired) electrons. The van der Waals surface area contributed by atoms with Crippen LogP contribution in [0.15, 0.2) is 113 Å². The van der Waals surface area contributed by atoms with Crippen molar-refractivity contribution in [3.05, 3.63) is 160 Å². The Labute approximate surface area is 336 Å². The fraction of sp³-hybridized carbons (Fsp3) is 0. The second kappa shape index (κ2) is 16.4. The molecule has 0 atom stereocenters. The Bertz CT molecular complexity index is 3110. The molecule has 61 heavy (non-hydrogen) atoms. The number of hydrogen-bond acceptors (Lipinski definition) is 17. The number of fused-ring (bicyclic) bond motifs is 6. The zero-order chi connectivity index (χ0) is 44.6. The van der Waals surface area contributed by atoms with Crippen molar-refractivity contribution in [2.24, 2.45) is 0 Å². The van der Waals surface area contributed by atoms with Gasteiger partial charge in [-0.25, -0.2) is 28.8 Å². The van der Waals surface area contributed by atoms with E-state index in [4.69, 9.17) is 14.8 Å². The Hall–Kier alpha value is -8.55. The SMILES string of the molecule is O=BB(O)O.O=C(O)c1cc2c(O)c3c(c(O)c2cc1C(=O)O)C(=O)c1ccccc1C3=O.O=c1oc(=O)c2cc3c(=O)oc(=O)c3cc12.Oc1ccc(O)c2ccccc12. The fourth-order valence-electron chi connectivity index (χ4n) is 6.37. The summed E-state index contributed by atoms with van der Waals surface area (Å²) in [6.07, 6.45) is 0. The van der Waals surface area contributed by atoms with Crippen LogP contribution in [0.2, 0.25) is 0 Å². The van der Waals surface area contributed by atoms with Crippen LogP contribution in [0.5, 0.6) is 23.0 Å². The number of carbonyl (C=O) groups excluding carboxylic acids is 2. The van der Waals surface area contributed by atoms with Crippen LogP contribution in [-0.4, -0.2) is 78.2 Å². The van der Waals surface area contributed by atoms with E-state index in [9.17, 15) is 69.0 Å². The van der Waals surface area contributed by atoms with Gasteiger partial charge in [-0.15, -0.1) is 0 Å². The van der Waals surface area contributed by atoms with Crippen molar-refractivity contribution >= 4 is 80.6 Å². The topological polar surface area (TPSA) is 342 Å². The van der Waals surface area contributed by atoms with Crippen molar-refractivity contribution in [3.63, 3.8) is 0 Å². The number of phenolic OH excluding ortho intramolecular Hbond substituents is 4. The number of aromatic hydroxyl groups is 4. The van der Waals surface area contributed by atoms with E-state index >= 15 is 0 Å². The van der Waals surface area contributed by atoms with Gasteiger partial charge in [-0.2, -0.15) is 0 Å². The molecular weight excluding hydrogens is 806 g/mol. The Morgan fingerprint density at radius 2 is 0.787 bits per heavy atom. The molecule has 8 N–H and O–H groups in total. The smallest absolute Gasteiger partial charge is 0.346 e. The summed E-state index contributed by atoms with van der Waals surface area (Å²) in [6, 6.07) is 20.0. The minimum Gasteiger partial charge on any atom is -0.507 e. The molecule has 19 nitrogen and oxygen atoms in total. The average molecular weight is 828 g/mol. The fourth-order valence-corrected chi connectivity index (χ4v) is 6.37. The molecule has 21 heteroatoms. The molecule has 0 fully saturated rings. The number of benzene rings is 6. The zero-order valence-electron chi connectivity index (χ0n) is 30.3. The van der Waals surface area contributed by atoms with Crippen LogP contribution >= 0.6 is 0 Å². The number of ketones is 2. The molecule has 0 saturated heterocycles. The molecule has 0 amide bonds. The van der Waals surface area contributed by atoms with E-state index < -0.39 is 86.8 Å². The molecule has 0 unspecified atom stereocenters. The number of phenols is 4. The monoisotopic (exact) mass is 828 g/mol. The molecule has 1 aliphatic carbocycles. The van der Waals surface area contributed by atoms with Crippen LogP contribution in [0, 0.1) is 0 Å². The maximum absolute atomic E-state index is 12.8. The number of carbonyl (C=O) groups is 4. The van der Waals surface area contributed by atoms with Gasteiger partial charge < -0.3 is 39.5 Å². The molecule has 2 heterocycles.